The van der Waals surface area contributed by atoms with Gasteiger partial charge in [0.1, 0.15) is 0 Å². The van der Waals surface area contributed by atoms with Crippen LogP contribution in [0.1, 0.15) is 85.9 Å². The molecule has 0 atom stereocenters. The summed E-state index contributed by atoms with van der Waals surface area (Å²) in [4.78, 5) is 57.6. The van der Waals surface area contributed by atoms with Crippen LogP contribution in [0.3, 0.4) is 0 Å². The lowest BCUT2D eigenvalue weighted by atomic mass is 10.00. The van der Waals surface area contributed by atoms with E-state index in [1.165, 1.54) is 34.5 Å². The first-order chi connectivity index (χ1) is 36.8. The van der Waals surface area contributed by atoms with Gasteiger partial charge in [0.05, 0.1) is 61.2 Å². The minimum atomic E-state index is -0.437. The summed E-state index contributed by atoms with van der Waals surface area (Å²) in [6.07, 6.45) is 0. The van der Waals surface area contributed by atoms with Crippen LogP contribution in [0.4, 0.5) is 11.4 Å². The van der Waals surface area contributed by atoms with Gasteiger partial charge in [0.25, 0.3) is 5.69 Å². The molecule has 2 N–H and O–H groups in total. The Balaban J connectivity index is 0.000000221. The quantitative estimate of drug-likeness (QED) is 0.0402. The summed E-state index contributed by atoms with van der Waals surface area (Å²) in [5, 5.41) is 11.8. The van der Waals surface area contributed by atoms with Gasteiger partial charge in [-0.25, -0.2) is 19.2 Å². The Hall–Kier alpha value is -10.9. The molecule has 370 valence electrons. The molecule has 12 heteroatoms. The largest absolute Gasteiger partial charge is 0.465 e. The van der Waals surface area contributed by atoms with Crippen molar-refractivity contribution in [1.82, 2.24) is 0 Å². The molecule has 0 amide bonds. The van der Waals surface area contributed by atoms with Crippen LogP contribution in [0.15, 0.2) is 182 Å². The fourth-order valence-electron chi connectivity index (χ4n) is 7.18. The molecule has 0 aliphatic carbocycles. The number of hydrogen-bond donors (Lipinski definition) is 1. The Morgan fingerprint density at radius 1 is 0.355 bits per heavy atom. The molecule has 0 bridgehead atoms. The molecule has 0 radical (unpaired) electrons. The molecule has 0 fully saturated rings. The number of carbonyl (C=O) groups is 4. The van der Waals surface area contributed by atoms with Crippen LogP contribution in [-0.4, -0.2) is 57.2 Å². The number of rotatable bonds is 7. The minimum Gasteiger partial charge on any atom is -0.465 e. The zero-order chi connectivity index (χ0) is 54.0. The third-order valence-corrected chi connectivity index (χ3v) is 11.3. The molecular weight excluding hydrogens is 957 g/mol. The highest BCUT2D eigenvalue weighted by atomic mass is 16.6. The van der Waals surface area contributed by atoms with E-state index in [9.17, 15) is 29.3 Å². The fraction of sp³-hybridized carbons (Fsp3) is 0.0625. The summed E-state index contributed by atoms with van der Waals surface area (Å²) in [5.74, 6) is 22.8. The summed E-state index contributed by atoms with van der Waals surface area (Å²) in [5.41, 5.74) is 17.6. The average Bonchev–Trinajstić information content (AvgIpc) is 3.47. The number of nitro groups is 1. The number of ether oxygens (including phenoxy) is 4. The smallest absolute Gasteiger partial charge is 0.337 e. The molecule has 0 aromatic heterocycles. The maximum atomic E-state index is 11.8. The first kappa shape index (κ1) is 52.9. The molecule has 8 rings (SSSR count). The van der Waals surface area contributed by atoms with Crippen LogP contribution in [0.25, 0.3) is 22.3 Å². The number of methoxy groups -OCH3 is 4. The van der Waals surface area contributed by atoms with Crippen LogP contribution in [0, 0.1) is 57.5 Å². The second-order valence-electron chi connectivity index (χ2n) is 16.2. The van der Waals surface area contributed by atoms with E-state index in [0.717, 1.165) is 44.5 Å². The van der Waals surface area contributed by atoms with Crippen LogP contribution in [0.5, 0.6) is 0 Å². The standard InChI is InChI=1S/C32H21NO6.C32H23NO4/c1-38-31(34)27-16-9-23(10-17-27)4-3-22-7-14-26(15-8-22)29-20-13-25(21-30(29)33(36)37)6-5-24-11-18-28(19-12-24)32(35)39-2;1-36-31(34)27-16-9-23(10-17-27)4-3-22-7-14-26(15-8-22)29-20-13-25(21-30(29)33)6-5-24-11-18-28(19-12-24)32(35)37-2/h7-21H,1-2H3;7-21H,33H2,1-2H3. The van der Waals surface area contributed by atoms with Gasteiger partial charge < -0.3 is 24.7 Å². The van der Waals surface area contributed by atoms with E-state index in [4.69, 9.17) is 15.2 Å². The lowest BCUT2D eigenvalue weighted by molar-refractivity contribution is -0.384. The van der Waals surface area contributed by atoms with Crippen molar-refractivity contribution in [3.05, 3.63) is 259 Å². The molecule has 0 unspecified atom stereocenters. The molecule has 8 aromatic carbocycles. The van der Waals surface area contributed by atoms with Gasteiger partial charge in [-0.1, -0.05) is 77.7 Å². The zero-order valence-corrected chi connectivity index (χ0v) is 41.4. The monoisotopic (exact) mass is 1000 g/mol. The average molecular weight is 1000 g/mol. The van der Waals surface area contributed by atoms with Crippen molar-refractivity contribution in [3.8, 4) is 69.6 Å². The Labute approximate surface area is 439 Å². The van der Waals surface area contributed by atoms with Gasteiger partial charge in [-0.3, -0.25) is 10.1 Å². The summed E-state index contributed by atoms with van der Waals surface area (Å²) in [6, 6.07) is 52.8. The first-order valence-corrected chi connectivity index (χ1v) is 23.0. The van der Waals surface area contributed by atoms with Crippen molar-refractivity contribution in [1.29, 1.82) is 0 Å². The molecule has 0 saturated carbocycles. The van der Waals surface area contributed by atoms with Crippen LogP contribution in [0.2, 0.25) is 0 Å². The highest BCUT2D eigenvalue weighted by molar-refractivity contribution is 5.91. The van der Waals surface area contributed by atoms with Gasteiger partial charge in [0.2, 0.25) is 0 Å². The van der Waals surface area contributed by atoms with Gasteiger partial charge in [0, 0.05) is 61.8 Å². The van der Waals surface area contributed by atoms with E-state index in [1.54, 1.807) is 133 Å². The number of nitrogen functional groups attached to an aromatic ring is 1. The predicted molar refractivity (Wildman–Crippen MR) is 290 cm³/mol. The van der Waals surface area contributed by atoms with Gasteiger partial charge in [-0.15, -0.1) is 0 Å². The Morgan fingerprint density at radius 3 is 0.868 bits per heavy atom. The van der Waals surface area contributed by atoms with Gasteiger partial charge in [-0.05, 0) is 157 Å². The summed E-state index contributed by atoms with van der Waals surface area (Å²) >= 11 is 0. The molecule has 0 saturated heterocycles. The highest BCUT2D eigenvalue weighted by Crippen LogP contribution is 2.31. The van der Waals surface area contributed by atoms with Gasteiger partial charge in [-0.2, -0.15) is 0 Å². The van der Waals surface area contributed by atoms with E-state index in [0.29, 0.717) is 50.2 Å². The number of hydrogen-bond acceptors (Lipinski definition) is 11. The topological polar surface area (TPSA) is 174 Å². The minimum absolute atomic E-state index is 0.0626. The molecule has 0 aliphatic heterocycles. The van der Waals surface area contributed by atoms with E-state index >= 15 is 0 Å². The first-order valence-electron chi connectivity index (χ1n) is 23.0. The van der Waals surface area contributed by atoms with E-state index in [-0.39, 0.29) is 17.6 Å². The van der Waals surface area contributed by atoms with Crippen molar-refractivity contribution in [3.63, 3.8) is 0 Å². The van der Waals surface area contributed by atoms with Crippen molar-refractivity contribution < 1.29 is 43.0 Å². The number of nitro benzene ring substituents is 1. The van der Waals surface area contributed by atoms with Crippen LogP contribution < -0.4 is 5.73 Å². The van der Waals surface area contributed by atoms with E-state index in [2.05, 4.69) is 56.8 Å². The Bertz CT molecular complexity index is 3730. The van der Waals surface area contributed by atoms with Crippen molar-refractivity contribution in [2.45, 2.75) is 0 Å². The molecule has 8 aromatic rings. The molecule has 0 aliphatic rings. The van der Waals surface area contributed by atoms with E-state index < -0.39 is 16.9 Å². The summed E-state index contributed by atoms with van der Waals surface area (Å²) in [7, 11) is 5.34. The number of esters is 4. The van der Waals surface area contributed by atoms with Crippen molar-refractivity contribution >= 4 is 35.3 Å². The normalized spacial score (nSPS) is 9.79. The Morgan fingerprint density at radius 2 is 0.592 bits per heavy atom. The van der Waals surface area contributed by atoms with Crippen LogP contribution >= 0.6 is 0 Å². The lowest BCUT2D eigenvalue weighted by Crippen LogP contribution is -2.00. The second-order valence-corrected chi connectivity index (χ2v) is 16.2. The Kier molecular flexibility index (Phi) is 17.7. The molecule has 0 spiro atoms. The third-order valence-electron chi connectivity index (χ3n) is 11.3. The number of nitrogens with zero attached hydrogens (tertiary/aromatic N) is 1. The SMILES string of the molecule is COC(=O)c1ccc(C#Cc2ccc(-c3ccc(C#Cc4ccc(C(=O)OC)cc4)cc3N)cc2)cc1.COC(=O)c1ccc(C#Cc2ccc(-c3ccc(C#Cc4ccc(C(=O)OC)cc4)cc3[N+](=O)[O-])cc2)cc1. The van der Waals surface area contributed by atoms with Crippen molar-refractivity contribution in [2.75, 3.05) is 34.2 Å². The fourth-order valence-corrected chi connectivity index (χ4v) is 7.18. The van der Waals surface area contributed by atoms with Gasteiger partial charge in [0.15, 0.2) is 0 Å². The second kappa shape index (κ2) is 25.5. The summed E-state index contributed by atoms with van der Waals surface area (Å²) in [6.45, 7) is 0. The number of carbonyl (C=O) groups excluding carboxylic acids is 4. The maximum Gasteiger partial charge on any atom is 0.337 e. The van der Waals surface area contributed by atoms with Crippen molar-refractivity contribution in [2.24, 2.45) is 0 Å². The molecular formula is C64H44N2O10. The third kappa shape index (κ3) is 14.1. The van der Waals surface area contributed by atoms with E-state index in [1.807, 2.05) is 42.5 Å². The number of anilines is 1. The number of nitrogens with two attached hydrogens (primary N) is 1. The zero-order valence-electron chi connectivity index (χ0n) is 41.4. The number of benzene rings is 8. The summed E-state index contributed by atoms with van der Waals surface area (Å²) < 4.78 is 18.8. The van der Waals surface area contributed by atoms with Gasteiger partial charge >= 0.3 is 23.9 Å². The lowest BCUT2D eigenvalue weighted by Gasteiger charge is -2.06. The predicted octanol–water partition coefficient (Wildman–Crippen LogP) is 10.9. The van der Waals surface area contributed by atoms with Crippen LogP contribution in [-0.2, 0) is 18.9 Å². The molecule has 76 heavy (non-hydrogen) atoms. The molecule has 12 nitrogen and oxygen atoms in total. The highest BCUT2D eigenvalue weighted by Gasteiger charge is 2.16. The maximum absolute atomic E-state index is 11.8. The molecule has 0 heterocycles.